The van der Waals surface area contributed by atoms with Crippen LogP contribution in [-0.2, 0) is 14.3 Å². The molecule has 2 amide bonds. The first-order chi connectivity index (χ1) is 12.8. The van der Waals surface area contributed by atoms with E-state index in [1.54, 1.807) is 13.0 Å². The Morgan fingerprint density at radius 3 is 2.48 bits per heavy atom. The Bertz CT molecular complexity index is 746. The summed E-state index contributed by atoms with van der Waals surface area (Å²) in [5, 5.41) is -0.479. The topological polar surface area (TPSA) is 72.9 Å². The molecule has 0 aromatic heterocycles. The van der Waals surface area contributed by atoms with Crippen LogP contribution in [0.25, 0.3) is 6.08 Å². The van der Waals surface area contributed by atoms with Crippen LogP contribution in [0.2, 0.25) is 0 Å². The molecule has 2 atom stereocenters. The quantitative estimate of drug-likeness (QED) is 0.487. The van der Waals surface area contributed by atoms with Crippen molar-refractivity contribution in [2.24, 2.45) is 0 Å². The second kappa shape index (κ2) is 9.60. The minimum Gasteiger partial charge on any atom is -0.490 e. The van der Waals surface area contributed by atoms with E-state index in [0.717, 1.165) is 23.1 Å². The molecule has 1 heterocycles. The number of ether oxygens (including phenoxy) is 2. The molecule has 0 aliphatic carbocycles. The molecule has 0 N–H and O–H groups in total. The van der Waals surface area contributed by atoms with Gasteiger partial charge < -0.3 is 9.47 Å². The summed E-state index contributed by atoms with van der Waals surface area (Å²) >= 11 is 0.812. The number of benzene rings is 1. The van der Waals surface area contributed by atoms with Crippen molar-refractivity contribution in [3.63, 3.8) is 0 Å². The van der Waals surface area contributed by atoms with Gasteiger partial charge in [0.2, 0.25) is 0 Å². The van der Waals surface area contributed by atoms with E-state index in [4.69, 9.17) is 9.47 Å². The fourth-order valence-corrected chi connectivity index (χ4v) is 3.09. The van der Waals surface area contributed by atoms with Gasteiger partial charge in [0.15, 0.2) is 0 Å². The molecular weight excluding hydrogens is 366 g/mol. The lowest BCUT2D eigenvalue weighted by molar-refractivity contribution is -0.150. The summed E-state index contributed by atoms with van der Waals surface area (Å²) in [5.41, 5.74) is 0.713. The van der Waals surface area contributed by atoms with Crippen molar-refractivity contribution < 1.29 is 23.9 Å². The zero-order valence-electron chi connectivity index (χ0n) is 16.1. The van der Waals surface area contributed by atoms with Crippen LogP contribution in [0.1, 0.15) is 46.1 Å². The van der Waals surface area contributed by atoms with Crippen LogP contribution in [0.5, 0.6) is 5.75 Å². The molecule has 2 rings (SSSR count). The first-order valence-corrected chi connectivity index (χ1v) is 9.87. The van der Waals surface area contributed by atoms with Crippen LogP contribution < -0.4 is 4.74 Å². The highest BCUT2D eigenvalue weighted by molar-refractivity contribution is 8.18. The molecule has 1 aromatic rings. The summed E-state index contributed by atoms with van der Waals surface area (Å²) in [6.07, 6.45) is 2.93. The van der Waals surface area contributed by atoms with Gasteiger partial charge in [0, 0.05) is 5.56 Å². The predicted octanol–water partition coefficient (Wildman–Crippen LogP) is 4.24. The Hall–Kier alpha value is -2.28. The average Bonchev–Trinajstić information content (AvgIpc) is 2.90. The van der Waals surface area contributed by atoms with Gasteiger partial charge in [-0.05, 0) is 50.6 Å². The number of carbonyl (C=O) groups excluding carboxylic acids is 3. The van der Waals surface area contributed by atoms with E-state index >= 15 is 0 Å². The van der Waals surface area contributed by atoms with Crippen molar-refractivity contribution in [2.45, 2.75) is 52.7 Å². The van der Waals surface area contributed by atoms with Gasteiger partial charge in [0.25, 0.3) is 11.1 Å². The van der Waals surface area contributed by atoms with E-state index in [2.05, 4.69) is 0 Å². The van der Waals surface area contributed by atoms with Gasteiger partial charge in [0.1, 0.15) is 12.3 Å². The van der Waals surface area contributed by atoms with Crippen LogP contribution in [0, 0.1) is 0 Å². The molecule has 1 saturated heterocycles. The second-order valence-corrected chi connectivity index (χ2v) is 7.34. The minimum atomic E-state index is -0.589. The van der Waals surface area contributed by atoms with E-state index in [0.29, 0.717) is 17.7 Å². The molecular formula is C20H25NO5S. The number of carbonyl (C=O) groups is 3. The fourth-order valence-electron chi connectivity index (χ4n) is 2.26. The van der Waals surface area contributed by atoms with Gasteiger partial charge in [-0.1, -0.05) is 32.0 Å². The minimum absolute atomic E-state index is 0.0324. The summed E-state index contributed by atoms with van der Waals surface area (Å²) in [6, 6.07) is 7.34. The van der Waals surface area contributed by atoms with Crippen molar-refractivity contribution in [3.05, 3.63) is 34.7 Å². The smallest absolute Gasteiger partial charge is 0.326 e. The third kappa shape index (κ3) is 5.60. The SMILES string of the molecule is CC[C@@H](C)Oc1ccccc1/C=C1/SC(=O)N(CC(=O)O[C@@H](C)CC)C1=O. The molecule has 1 aromatic carbocycles. The normalized spacial score (nSPS) is 17.9. The lowest BCUT2D eigenvalue weighted by Gasteiger charge is -2.15. The van der Waals surface area contributed by atoms with Crippen molar-refractivity contribution in [1.29, 1.82) is 0 Å². The zero-order valence-corrected chi connectivity index (χ0v) is 16.9. The van der Waals surface area contributed by atoms with Crippen LogP contribution >= 0.6 is 11.8 Å². The maximum absolute atomic E-state index is 12.6. The summed E-state index contributed by atoms with van der Waals surface area (Å²) < 4.78 is 11.0. The molecule has 0 saturated carbocycles. The maximum atomic E-state index is 12.6. The molecule has 6 nitrogen and oxygen atoms in total. The number of rotatable bonds is 8. The Morgan fingerprint density at radius 2 is 1.81 bits per heavy atom. The van der Waals surface area contributed by atoms with Crippen LogP contribution in [0.4, 0.5) is 4.79 Å². The Morgan fingerprint density at radius 1 is 1.15 bits per heavy atom. The second-order valence-electron chi connectivity index (χ2n) is 6.35. The molecule has 0 spiro atoms. The number of thioether (sulfide) groups is 1. The van der Waals surface area contributed by atoms with E-state index in [-0.39, 0.29) is 23.7 Å². The van der Waals surface area contributed by atoms with Crippen molar-refractivity contribution in [1.82, 2.24) is 4.90 Å². The number of amides is 2. The van der Waals surface area contributed by atoms with Gasteiger partial charge in [-0.15, -0.1) is 0 Å². The Labute approximate surface area is 163 Å². The first-order valence-electron chi connectivity index (χ1n) is 9.06. The van der Waals surface area contributed by atoms with Crippen molar-refractivity contribution in [3.8, 4) is 5.75 Å². The molecule has 0 radical (unpaired) electrons. The lowest BCUT2D eigenvalue weighted by atomic mass is 10.1. The lowest BCUT2D eigenvalue weighted by Crippen LogP contribution is -2.35. The molecule has 0 bridgehead atoms. The van der Waals surface area contributed by atoms with E-state index in [1.807, 2.05) is 45.0 Å². The summed E-state index contributed by atoms with van der Waals surface area (Å²) in [7, 11) is 0. The van der Waals surface area contributed by atoms with Gasteiger partial charge in [-0.25, -0.2) is 0 Å². The highest BCUT2D eigenvalue weighted by atomic mass is 32.2. The van der Waals surface area contributed by atoms with Gasteiger partial charge in [0.05, 0.1) is 17.1 Å². The Kier molecular flexibility index (Phi) is 7.47. The van der Waals surface area contributed by atoms with Crippen LogP contribution in [0.15, 0.2) is 29.2 Å². The summed E-state index contributed by atoms with van der Waals surface area (Å²) in [5.74, 6) is -0.437. The highest BCUT2D eigenvalue weighted by Gasteiger charge is 2.37. The van der Waals surface area contributed by atoms with Crippen molar-refractivity contribution in [2.75, 3.05) is 6.54 Å². The number of esters is 1. The van der Waals surface area contributed by atoms with E-state index < -0.39 is 17.1 Å². The fraction of sp³-hybridized carbons (Fsp3) is 0.450. The third-order valence-electron chi connectivity index (χ3n) is 4.18. The number of nitrogens with zero attached hydrogens (tertiary/aromatic N) is 1. The number of para-hydroxylation sites is 1. The highest BCUT2D eigenvalue weighted by Crippen LogP contribution is 2.34. The summed E-state index contributed by atoms with van der Waals surface area (Å²) in [4.78, 5) is 37.8. The molecule has 1 aliphatic heterocycles. The molecule has 7 heteroatoms. The largest absolute Gasteiger partial charge is 0.490 e. The van der Waals surface area contributed by atoms with Gasteiger partial charge in [-0.3, -0.25) is 19.3 Å². The van der Waals surface area contributed by atoms with Crippen LogP contribution in [0.3, 0.4) is 0 Å². The predicted molar refractivity (Wildman–Crippen MR) is 105 cm³/mol. The third-order valence-corrected chi connectivity index (χ3v) is 5.08. The summed E-state index contributed by atoms with van der Waals surface area (Å²) in [6.45, 7) is 7.27. The first kappa shape index (κ1) is 21.0. The van der Waals surface area contributed by atoms with Gasteiger partial charge in [-0.2, -0.15) is 0 Å². The Balaban J connectivity index is 2.16. The zero-order chi connectivity index (χ0) is 20.0. The standard InChI is InChI=1S/C20H25NO5S/c1-5-13(3)25-16-10-8-7-9-15(16)11-17-19(23)21(20(24)27-17)12-18(22)26-14(4)6-2/h7-11,13-14H,5-6,12H2,1-4H3/b17-11+/t13-,14+/m1/s1. The maximum Gasteiger partial charge on any atom is 0.326 e. The average molecular weight is 391 g/mol. The number of hydrogen-bond acceptors (Lipinski definition) is 6. The molecule has 27 heavy (non-hydrogen) atoms. The molecule has 0 unspecified atom stereocenters. The van der Waals surface area contributed by atoms with Crippen molar-refractivity contribution >= 4 is 35.0 Å². The number of hydrogen-bond donors (Lipinski definition) is 0. The molecule has 1 aliphatic rings. The van der Waals surface area contributed by atoms with E-state index in [1.165, 1.54) is 0 Å². The monoisotopic (exact) mass is 391 g/mol. The van der Waals surface area contributed by atoms with Gasteiger partial charge >= 0.3 is 5.97 Å². The van der Waals surface area contributed by atoms with E-state index in [9.17, 15) is 14.4 Å². The van der Waals surface area contributed by atoms with Crippen LogP contribution in [-0.4, -0.2) is 40.8 Å². The number of imide groups is 1. The molecule has 1 fully saturated rings. The molecule has 146 valence electrons.